The van der Waals surface area contributed by atoms with Crippen LogP contribution in [-0.4, -0.2) is 20.1 Å². The molecule has 1 aromatic carbocycles. The van der Waals surface area contributed by atoms with Gasteiger partial charge in [-0.2, -0.15) is 0 Å². The van der Waals surface area contributed by atoms with Crippen LogP contribution in [-0.2, 0) is 6.73 Å². The molecule has 2 rings (SSSR count). The number of rotatable bonds is 1. The Morgan fingerprint density at radius 1 is 1.50 bits per heavy atom. The van der Waals surface area contributed by atoms with E-state index in [2.05, 4.69) is 10.3 Å². The summed E-state index contributed by atoms with van der Waals surface area (Å²) in [5.41, 5.74) is 2.80. The maximum Gasteiger partial charge on any atom is 0.138 e. The van der Waals surface area contributed by atoms with Crippen LogP contribution < -0.4 is 0 Å². The second kappa shape index (κ2) is 2.57. The number of hydrogen-bond donors (Lipinski definition) is 1. The third kappa shape index (κ3) is 0.887. The fourth-order valence-corrected chi connectivity index (χ4v) is 1.23. The van der Waals surface area contributed by atoms with Gasteiger partial charge in [-0.05, 0) is 18.6 Å². The predicted octanol–water partition coefficient (Wildman–Crippen LogP) is 0.690. The van der Waals surface area contributed by atoms with Crippen molar-refractivity contribution < 1.29 is 5.11 Å². The zero-order chi connectivity index (χ0) is 8.55. The molecule has 0 fully saturated rings. The summed E-state index contributed by atoms with van der Waals surface area (Å²) in [6.45, 7) is 1.85. The topological polar surface area (TPSA) is 50.9 Å². The van der Waals surface area contributed by atoms with E-state index in [1.165, 1.54) is 4.68 Å². The van der Waals surface area contributed by atoms with Crippen molar-refractivity contribution in [1.29, 1.82) is 0 Å². The molecular formula is C8H9N3O. The maximum absolute atomic E-state index is 8.88. The summed E-state index contributed by atoms with van der Waals surface area (Å²) in [6, 6.07) is 5.78. The third-order valence-corrected chi connectivity index (χ3v) is 1.88. The van der Waals surface area contributed by atoms with E-state index in [0.29, 0.717) is 0 Å². The molecule has 62 valence electrons. The molecule has 4 heteroatoms. The lowest BCUT2D eigenvalue weighted by molar-refractivity contribution is 0.197. The average Bonchev–Trinajstić information content (AvgIpc) is 2.49. The summed E-state index contributed by atoms with van der Waals surface area (Å²) in [5, 5.41) is 16.6. The van der Waals surface area contributed by atoms with Crippen molar-refractivity contribution in [3.63, 3.8) is 0 Å². The first-order valence-corrected chi connectivity index (χ1v) is 3.72. The molecule has 0 saturated heterocycles. The van der Waals surface area contributed by atoms with Gasteiger partial charge in [0.1, 0.15) is 12.2 Å². The lowest BCUT2D eigenvalue weighted by Gasteiger charge is -1.95. The SMILES string of the molecule is Cc1cccc2c1nnn2CO. The monoisotopic (exact) mass is 163 g/mol. The number of hydrogen-bond acceptors (Lipinski definition) is 3. The highest BCUT2D eigenvalue weighted by molar-refractivity contribution is 5.77. The zero-order valence-electron chi connectivity index (χ0n) is 6.73. The van der Waals surface area contributed by atoms with Gasteiger partial charge >= 0.3 is 0 Å². The van der Waals surface area contributed by atoms with Gasteiger partial charge in [-0.3, -0.25) is 0 Å². The van der Waals surface area contributed by atoms with E-state index in [4.69, 9.17) is 5.11 Å². The molecule has 0 bridgehead atoms. The highest BCUT2D eigenvalue weighted by atomic mass is 16.3. The highest BCUT2D eigenvalue weighted by Gasteiger charge is 2.03. The van der Waals surface area contributed by atoms with Gasteiger partial charge in [0.15, 0.2) is 0 Å². The quantitative estimate of drug-likeness (QED) is 0.672. The molecule has 12 heavy (non-hydrogen) atoms. The van der Waals surface area contributed by atoms with Gasteiger partial charge in [0, 0.05) is 0 Å². The molecule has 2 aromatic rings. The van der Waals surface area contributed by atoms with Crippen LogP contribution in [0, 0.1) is 6.92 Å². The molecule has 1 aromatic heterocycles. The molecule has 0 radical (unpaired) electrons. The van der Waals surface area contributed by atoms with E-state index in [0.717, 1.165) is 16.6 Å². The number of aliphatic hydroxyl groups is 1. The van der Waals surface area contributed by atoms with Crippen LogP contribution in [0.2, 0.25) is 0 Å². The van der Waals surface area contributed by atoms with Gasteiger partial charge < -0.3 is 5.11 Å². The minimum atomic E-state index is -0.125. The Labute approximate surface area is 69.4 Å². The van der Waals surface area contributed by atoms with Crippen molar-refractivity contribution in [2.45, 2.75) is 13.7 Å². The first-order valence-electron chi connectivity index (χ1n) is 3.72. The van der Waals surface area contributed by atoms with Crippen molar-refractivity contribution in [3.8, 4) is 0 Å². The Bertz CT molecular complexity index is 408. The number of aromatic nitrogens is 3. The van der Waals surface area contributed by atoms with E-state index in [1.54, 1.807) is 0 Å². The van der Waals surface area contributed by atoms with Crippen LogP contribution in [0.1, 0.15) is 5.56 Å². The average molecular weight is 163 g/mol. The molecule has 0 spiro atoms. The summed E-state index contributed by atoms with van der Waals surface area (Å²) in [5.74, 6) is 0. The fraction of sp³-hybridized carbons (Fsp3) is 0.250. The zero-order valence-corrected chi connectivity index (χ0v) is 6.73. The number of aliphatic hydroxyl groups excluding tert-OH is 1. The van der Waals surface area contributed by atoms with E-state index < -0.39 is 0 Å². The van der Waals surface area contributed by atoms with Crippen molar-refractivity contribution in [2.75, 3.05) is 0 Å². The van der Waals surface area contributed by atoms with E-state index >= 15 is 0 Å². The van der Waals surface area contributed by atoms with Crippen molar-refractivity contribution in [2.24, 2.45) is 0 Å². The van der Waals surface area contributed by atoms with Crippen LogP contribution in [0.3, 0.4) is 0 Å². The summed E-state index contributed by atoms with van der Waals surface area (Å²) in [4.78, 5) is 0. The van der Waals surface area contributed by atoms with Gasteiger partial charge in [-0.1, -0.05) is 17.3 Å². The Hall–Kier alpha value is -1.42. The summed E-state index contributed by atoms with van der Waals surface area (Å²) < 4.78 is 1.46. The number of benzene rings is 1. The van der Waals surface area contributed by atoms with Gasteiger partial charge in [0.25, 0.3) is 0 Å². The largest absolute Gasteiger partial charge is 0.374 e. The van der Waals surface area contributed by atoms with Gasteiger partial charge in [0.2, 0.25) is 0 Å². The first-order chi connectivity index (χ1) is 5.83. The molecule has 0 aliphatic carbocycles. The second-order valence-electron chi connectivity index (χ2n) is 2.67. The minimum Gasteiger partial charge on any atom is -0.374 e. The molecule has 0 amide bonds. The fourth-order valence-electron chi connectivity index (χ4n) is 1.23. The summed E-state index contributed by atoms with van der Waals surface area (Å²) >= 11 is 0. The van der Waals surface area contributed by atoms with E-state index in [-0.39, 0.29) is 6.73 Å². The van der Waals surface area contributed by atoms with Crippen LogP contribution in [0.5, 0.6) is 0 Å². The van der Waals surface area contributed by atoms with Gasteiger partial charge in [-0.25, -0.2) is 4.68 Å². The summed E-state index contributed by atoms with van der Waals surface area (Å²) in [7, 11) is 0. The summed E-state index contributed by atoms with van der Waals surface area (Å²) in [6.07, 6.45) is 0. The van der Waals surface area contributed by atoms with Crippen molar-refractivity contribution in [3.05, 3.63) is 23.8 Å². The molecule has 4 nitrogen and oxygen atoms in total. The smallest absolute Gasteiger partial charge is 0.138 e. The molecule has 0 atom stereocenters. The number of aryl methyl sites for hydroxylation is 1. The number of fused-ring (bicyclic) bond motifs is 1. The maximum atomic E-state index is 8.88. The lowest BCUT2D eigenvalue weighted by atomic mass is 10.2. The minimum absolute atomic E-state index is 0.125. The van der Waals surface area contributed by atoms with Gasteiger partial charge in [0.05, 0.1) is 5.52 Å². The molecule has 0 saturated carbocycles. The molecule has 1 N–H and O–H groups in total. The highest BCUT2D eigenvalue weighted by Crippen LogP contribution is 2.13. The Morgan fingerprint density at radius 2 is 2.33 bits per heavy atom. The molecule has 0 unspecified atom stereocenters. The second-order valence-corrected chi connectivity index (χ2v) is 2.67. The standard InChI is InChI=1S/C8H9N3O/c1-6-3-2-4-7-8(6)9-10-11(7)5-12/h2-4,12H,5H2,1H3. The Balaban J connectivity index is 2.80. The van der Waals surface area contributed by atoms with Crippen LogP contribution in [0.15, 0.2) is 18.2 Å². The number of nitrogens with zero attached hydrogens (tertiary/aromatic N) is 3. The molecule has 0 aliphatic rings. The Morgan fingerprint density at radius 3 is 3.08 bits per heavy atom. The Kier molecular flexibility index (Phi) is 1.55. The van der Waals surface area contributed by atoms with Crippen molar-refractivity contribution in [1.82, 2.24) is 15.0 Å². The normalized spacial score (nSPS) is 10.8. The van der Waals surface area contributed by atoms with Crippen LogP contribution in [0.25, 0.3) is 11.0 Å². The predicted molar refractivity (Wildman–Crippen MR) is 44.5 cm³/mol. The van der Waals surface area contributed by atoms with Crippen LogP contribution in [0.4, 0.5) is 0 Å². The molecule has 0 aliphatic heterocycles. The third-order valence-electron chi connectivity index (χ3n) is 1.88. The van der Waals surface area contributed by atoms with Gasteiger partial charge in [-0.15, -0.1) is 5.10 Å². The van der Waals surface area contributed by atoms with Crippen molar-refractivity contribution >= 4 is 11.0 Å². The van der Waals surface area contributed by atoms with Crippen LogP contribution >= 0.6 is 0 Å². The molecular weight excluding hydrogens is 154 g/mol. The first kappa shape index (κ1) is 7.24. The lowest BCUT2D eigenvalue weighted by Crippen LogP contribution is -1.97. The van der Waals surface area contributed by atoms with E-state index in [9.17, 15) is 0 Å². The molecule has 1 heterocycles. The van der Waals surface area contributed by atoms with E-state index in [1.807, 2.05) is 25.1 Å².